The van der Waals surface area contributed by atoms with Gasteiger partial charge in [0.15, 0.2) is 5.13 Å². The Bertz CT molecular complexity index is 609. The molecular weight excluding hydrogens is 314 g/mol. The molecule has 6 N–H and O–H groups in total. The first kappa shape index (κ1) is 16.0. The molecule has 8 nitrogen and oxygen atoms in total. The van der Waals surface area contributed by atoms with Gasteiger partial charge in [-0.25, -0.2) is 18.5 Å². The van der Waals surface area contributed by atoms with E-state index in [1.165, 1.54) is 17.8 Å². The molecule has 0 bridgehead atoms. The number of anilines is 2. The van der Waals surface area contributed by atoms with Crippen molar-refractivity contribution < 1.29 is 13.2 Å². The zero-order valence-electron chi connectivity index (χ0n) is 11.5. The highest BCUT2D eigenvalue weighted by atomic mass is 32.2. The number of nitrogen functional groups attached to an aromatic ring is 1. The second-order valence-corrected chi connectivity index (χ2v) is 7.72. The van der Waals surface area contributed by atoms with Crippen molar-refractivity contribution in [1.29, 1.82) is 0 Å². The molecule has 0 saturated heterocycles. The number of amides is 1. The average molecular weight is 333 g/mol. The van der Waals surface area contributed by atoms with Gasteiger partial charge < -0.3 is 16.4 Å². The third-order valence-corrected chi connectivity index (χ3v) is 5.04. The van der Waals surface area contributed by atoms with Gasteiger partial charge in [-0.15, -0.1) is 0 Å². The van der Waals surface area contributed by atoms with Gasteiger partial charge in [0, 0.05) is 12.6 Å². The zero-order valence-corrected chi connectivity index (χ0v) is 13.1. The van der Waals surface area contributed by atoms with Crippen molar-refractivity contribution in [2.75, 3.05) is 23.3 Å². The van der Waals surface area contributed by atoms with Crippen LogP contribution < -0.4 is 21.5 Å². The third kappa shape index (κ3) is 4.83. The van der Waals surface area contributed by atoms with E-state index in [1.807, 2.05) is 0 Å². The largest absolute Gasteiger partial charge is 0.382 e. The zero-order chi connectivity index (χ0) is 15.5. The van der Waals surface area contributed by atoms with Crippen molar-refractivity contribution in [3.8, 4) is 0 Å². The Hall–Kier alpha value is -1.39. The Kier molecular flexibility index (Phi) is 5.01. The van der Waals surface area contributed by atoms with E-state index < -0.39 is 10.0 Å². The predicted octanol–water partition coefficient (Wildman–Crippen LogP) is 0.0981. The summed E-state index contributed by atoms with van der Waals surface area (Å²) in [5, 5.41) is 11.4. The Labute approximate surface area is 127 Å². The van der Waals surface area contributed by atoms with Crippen molar-refractivity contribution in [2.24, 2.45) is 5.14 Å². The maximum atomic E-state index is 11.9. The van der Waals surface area contributed by atoms with Gasteiger partial charge >= 0.3 is 0 Å². The summed E-state index contributed by atoms with van der Waals surface area (Å²) in [7, 11) is -3.50. The molecule has 0 aromatic carbocycles. The molecule has 10 heteroatoms. The van der Waals surface area contributed by atoms with Crippen LogP contribution in [0.15, 0.2) is 0 Å². The fourth-order valence-corrected chi connectivity index (χ4v) is 3.26. The van der Waals surface area contributed by atoms with E-state index in [4.69, 9.17) is 10.9 Å². The predicted molar refractivity (Wildman–Crippen MR) is 82.7 cm³/mol. The lowest BCUT2D eigenvalue weighted by atomic mass is 9.93. The second-order valence-electron chi connectivity index (χ2n) is 4.98. The minimum absolute atomic E-state index is 0.167. The van der Waals surface area contributed by atoms with Gasteiger partial charge in [0.05, 0.1) is 5.75 Å². The molecule has 1 saturated carbocycles. The minimum Gasteiger partial charge on any atom is -0.382 e. The van der Waals surface area contributed by atoms with Crippen LogP contribution in [0, 0.1) is 0 Å². The number of sulfonamides is 1. The molecule has 1 heterocycles. The molecule has 1 amide bonds. The number of hydrogen-bond donors (Lipinski definition) is 4. The summed E-state index contributed by atoms with van der Waals surface area (Å²) in [6.07, 6.45) is 3.68. The number of nitrogens with two attached hydrogens (primary N) is 2. The van der Waals surface area contributed by atoms with Crippen molar-refractivity contribution >= 4 is 38.2 Å². The number of nitrogens with one attached hydrogen (secondary N) is 2. The lowest BCUT2D eigenvalue weighted by Gasteiger charge is -2.25. The smallest absolute Gasteiger partial charge is 0.265 e. The molecule has 0 radical (unpaired) electrons. The van der Waals surface area contributed by atoms with Crippen LogP contribution in [0.5, 0.6) is 0 Å². The van der Waals surface area contributed by atoms with Crippen LogP contribution in [0.3, 0.4) is 0 Å². The third-order valence-electron chi connectivity index (χ3n) is 3.18. The summed E-state index contributed by atoms with van der Waals surface area (Å²) in [6, 6.07) is 0.418. The second kappa shape index (κ2) is 6.58. The number of thiazole rings is 1. The van der Waals surface area contributed by atoms with Crippen LogP contribution >= 0.6 is 11.3 Å². The van der Waals surface area contributed by atoms with Crippen LogP contribution in [0.1, 0.15) is 35.4 Å². The van der Waals surface area contributed by atoms with Gasteiger partial charge in [-0.2, -0.15) is 0 Å². The first-order valence-electron chi connectivity index (χ1n) is 6.66. The standard InChI is InChI=1S/C11H19N5O3S2/c12-9-8(10(17)14-5-2-6-21(13,18)19)20-11(16-9)15-7-3-1-4-7/h7H,1-6,12H2,(H,14,17)(H,15,16)(H2,13,18,19). The van der Waals surface area contributed by atoms with Gasteiger partial charge in [0.2, 0.25) is 10.0 Å². The van der Waals surface area contributed by atoms with Crippen LogP contribution in [-0.4, -0.2) is 37.6 Å². The number of carbonyl (C=O) groups excluding carboxylic acids is 1. The summed E-state index contributed by atoms with van der Waals surface area (Å²) in [5.41, 5.74) is 5.73. The average Bonchev–Trinajstić information content (AvgIpc) is 2.69. The van der Waals surface area contributed by atoms with Crippen LogP contribution in [-0.2, 0) is 10.0 Å². The molecule has 118 valence electrons. The molecule has 1 aliphatic carbocycles. The van der Waals surface area contributed by atoms with Gasteiger partial charge in [-0.3, -0.25) is 4.79 Å². The van der Waals surface area contributed by atoms with Crippen molar-refractivity contribution in [3.05, 3.63) is 4.88 Å². The molecule has 0 aliphatic heterocycles. The van der Waals surface area contributed by atoms with E-state index >= 15 is 0 Å². The van der Waals surface area contributed by atoms with Crippen molar-refractivity contribution in [1.82, 2.24) is 10.3 Å². The van der Waals surface area contributed by atoms with E-state index in [0.717, 1.165) is 12.8 Å². The van der Waals surface area contributed by atoms with Crippen molar-refractivity contribution in [2.45, 2.75) is 31.7 Å². The summed E-state index contributed by atoms with van der Waals surface area (Å²) >= 11 is 1.21. The highest BCUT2D eigenvalue weighted by Crippen LogP contribution is 2.29. The number of carbonyl (C=O) groups is 1. The molecule has 0 atom stereocenters. The lowest BCUT2D eigenvalue weighted by Crippen LogP contribution is -2.27. The van der Waals surface area contributed by atoms with E-state index in [1.54, 1.807) is 0 Å². The molecule has 2 rings (SSSR count). The molecule has 1 aromatic heterocycles. The van der Waals surface area contributed by atoms with Gasteiger partial charge in [-0.1, -0.05) is 11.3 Å². The number of aromatic nitrogens is 1. The molecule has 0 spiro atoms. The highest BCUT2D eigenvalue weighted by Gasteiger charge is 2.21. The fraction of sp³-hybridized carbons (Fsp3) is 0.636. The normalized spacial score (nSPS) is 15.5. The van der Waals surface area contributed by atoms with Gasteiger partial charge in [0.1, 0.15) is 10.7 Å². The van der Waals surface area contributed by atoms with Gasteiger partial charge in [-0.05, 0) is 25.7 Å². The monoisotopic (exact) mass is 333 g/mol. The van der Waals surface area contributed by atoms with Crippen LogP contribution in [0.2, 0.25) is 0 Å². The minimum atomic E-state index is -3.50. The van der Waals surface area contributed by atoms with Crippen LogP contribution in [0.4, 0.5) is 10.9 Å². The number of primary sulfonamides is 1. The van der Waals surface area contributed by atoms with E-state index in [2.05, 4.69) is 15.6 Å². The first-order chi connectivity index (χ1) is 9.85. The Morgan fingerprint density at radius 2 is 2.14 bits per heavy atom. The Morgan fingerprint density at radius 3 is 2.71 bits per heavy atom. The molecule has 0 unspecified atom stereocenters. The maximum Gasteiger partial charge on any atom is 0.265 e. The number of hydrogen-bond acceptors (Lipinski definition) is 7. The van der Waals surface area contributed by atoms with E-state index in [9.17, 15) is 13.2 Å². The first-order valence-corrected chi connectivity index (χ1v) is 9.20. The van der Waals surface area contributed by atoms with E-state index in [-0.39, 0.29) is 30.4 Å². The summed E-state index contributed by atoms with van der Waals surface area (Å²) in [4.78, 5) is 16.4. The molecule has 1 aromatic rings. The summed E-state index contributed by atoms with van der Waals surface area (Å²) in [6.45, 7) is 0.220. The SMILES string of the molecule is Nc1nc(NC2CCC2)sc1C(=O)NCCCS(N)(=O)=O. The molecule has 1 aliphatic rings. The molecule has 21 heavy (non-hydrogen) atoms. The number of nitrogens with zero attached hydrogens (tertiary/aromatic N) is 1. The highest BCUT2D eigenvalue weighted by molar-refractivity contribution is 7.89. The Balaban J connectivity index is 1.83. The topological polar surface area (TPSA) is 140 Å². The molecular formula is C11H19N5O3S2. The molecule has 1 fully saturated rings. The maximum absolute atomic E-state index is 11.9. The lowest BCUT2D eigenvalue weighted by molar-refractivity contribution is 0.0958. The summed E-state index contributed by atoms with van der Waals surface area (Å²) in [5.74, 6) is -0.327. The fourth-order valence-electron chi connectivity index (χ4n) is 1.84. The quantitative estimate of drug-likeness (QED) is 0.522. The Morgan fingerprint density at radius 1 is 1.43 bits per heavy atom. The van der Waals surface area contributed by atoms with E-state index in [0.29, 0.717) is 16.1 Å². The van der Waals surface area contributed by atoms with Gasteiger partial charge in [0.25, 0.3) is 5.91 Å². The van der Waals surface area contributed by atoms with Crippen molar-refractivity contribution in [3.63, 3.8) is 0 Å². The summed E-state index contributed by atoms with van der Waals surface area (Å²) < 4.78 is 21.5. The number of rotatable bonds is 7. The van der Waals surface area contributed by atoms with Crippen LogP contribution in [0.25, 0.3) is 0 Å².